The quantitative estimate of drug-likeness (QED) is 0.803. The summed E-state index contributed by atoms with van der Waals surface area (Å²) >= 11 is 0. The summed E-state index contributed by atoms with van der Waals surface area (Å²) in [5, 5.41) is 9.14. The number of nitrogens with zero attached hydrogens (tertiary/aromatic N) is 2. The van der Waals surface area contributed by atoms with Crippen LogP contribution < -0.4 is 15.4 Å². The minimum absolute atomic E-state index is 0.143. The normalized spacial score (nSPS) is 17.8. The number of rotatable bonds is 5. The van der Waals surface area contributed by atoms with Crippen molar-refractivity contribution in [2.45, 2.75) is 6.04 Å². The standard InChI is InChI=1S/C14H21N3O3/c1-20-13-5-3-2-4-11(13)16-6-8-17(9-7-16)12(10-15)14(18)19/h2-5,12H,6-10,15H2,1H3,(H,18,19). The third-order valence-electron chi connectivity index (χ3n) is 3.69. The summed E-state index contributed by atoms with van der Waals surface area (Å²) in [5.41, 5.74) is 6.59. The first-order valence-electron chi connectivity index (χ1n) is 6.72. The summed E-state index contributed by atoms with van der Waals surface area (Å²) in [4.78, 5) is 15.3. The molecule has 2 rings (SSSR count). The summed E-state index contributed by atoms with van der Waals surface area (Å²) in [5.74, 6) is -0.00667. The summed E-state index contributed by atoms with van der Waals surface area (Å²) in [6, 6.07) is 7.28. The molecule has 6 nitrogen and oxygen atoms in total. The van der Waals surface area contributed by atoms with Crippen molar-refractivity contribution in [3.05, 3.63) is 24.3 Å². The van der Waals surface area contributed by atoms with Crippen LogP contribution in [0.2, 0.25) is 0 Å². The molecule has 1 aromatic carbocycles. The Bertz CT molecular complexity index is 459. The van der Waals surface area contributed by atoms with Crippen LogP contribution in [0.15, 0.2) is 24.3 Å². The highest BCUT2D eigenvalue weighted by Gasteiger charge is 2.28. The van der Waals surface area contributed by atoms with Crippen LogP contribution in [-0.4, -0.2) is 61.9 Å². The van der Waals surface area contributed by atoms with Gasteiger partial charge in [0.2, 0.25) is 0 Å². The van der Waals surface area contributed by atoms with E-state index in [4.69, 9.17) is 15.6 Å². The molecular weight excluding hydrogens is 258 g/mol. The number of hydrogen-bond acceptors (Lipinski definition) is 5. The van der Waals surface area contributed by atoms with Gasteiger partial charge in [0.05, 0.1) is 12.8 Å². The Labute approximate surface area is 118 Å². The predicted molar refractivity (Wildman–Crippen MR) is 77.3 cm³/mol. The fourth-order valence-corrected chi connectivity index (χ4v) is 2.57. The second-order valence-corrected chi connectivity index (χ2v) is 4.78. The Morgan fingerprint density at radius 3 is 2.55 bits per heavy atom. The van der Waals surface area contributed by atoms with Gasteiger partial charge < -0.3 is 20.5 Å². The van der Waals surface area contributed by atoms with E-state index in [0.29, 0.717) is 13.1 Å². The molecule has 6 heteroatoms. The summed E-state index contributed by atoms with van der Waals surface area (Å²) in [6.07, 6.45) is 0. The molecule has 0 bridgehead atoms. The summed E-state index contributed by atoms with van der Waals surface area (Å²) in [6.45, 7) is 3.05. The van der Waals surface area contributed by atoms with Crippen molar-refractivity contribution in [1.29, 1.82) is 0 Å². The molecule has 0 saturated carbocycles. The highest BCUT2D eigenvalue weighted by molar-refractivity contribution is 5.73. The lowest BCUT2D eigenvalue weighted by Crippen LogP contribution is -2.55. The van der Waals surface area contributed by atoms with Crippen molar-refractivity contribution in [2.24, 2.45) is 5.73 Å². The van der Waals surface area contributed by atoms with Crippen LogP contribution >= 0.6 is 0 Å². The number of aliphatic carboxylic acids is 1. The van der Waals surface area contributed by atoms with Gasteiger partial charge in [0.25, 0.3) is 0 Å². The van der Waals surface area contributed by atoms with E-state index in [1.807, 2.05) is 29.2 Å². The summed E-state index contributed by atoms with van der Waals surface area (Å²) in [7, 11) is 1.66. The van der Waals surface area contributed by atoms with Crippen LogP contribution in [-0.2, 0) is 4.79 Å². The smallest absolute Gasteiger partial charge is 0.322 e. The molecule has 1 heterocycles. The highest BCUT2D eigenvalue weighted by atomic mass is 16.5. The average molecular weight is 279 g/mol. The number of carbonyl (C=O) groups is 1. The van der Waals surface area contributed by atoms with Crippen LogP contribution in [0.5, 0.6) is 5.75 Å². The SMILES string of the molecule is COc1ccccc1N1CCN(C(CN)C(=O)O)CC1. The number of piperazine rings is 1. The monoisotopic (exact) mass is 279 g/mol. The van der Waals surface area contributed by atoms with Gasteiger partial charge in [0, 0.05) is 32.7 Å². The van der Waals surface area contributed by atoms with Crippen molar-refractivity contribution in [3.8, 4) is 5.75 Å². The molecule has 0 radical (unpaired) electrons. The van der Waals surface area contributed by atoms with Crippen LogP contribution in [0, 0.1) is 0 Å². The van der Waals surface area contributed by atoms with E-state index in [-0.39, 0.29) is 6.54 Å². The second-order valence-electron chi connectivity index (χ2n) is 4.78. The van der Waals surface area contributed by atoms with Gasteiger partial charge in [0.1, 0.15) is 11.8 Å². The third kappa shape index (κ3) is 3.02. The molecule has 0 spiro atoms. The minimum atomic E-state index is -0.849. The Kier molecular flexibility index (Phi) is 4.81. The molecule has 0 aromatic heterocycles. The molecule has 1 unspecified atom stereocenters. The zero-order valence-corrected chi connectivity index (χ0v) is 11.7. The number of hydrogen-bond donors (Lipinski definition) is 2. The van der Waals surface area contributed by atoms with Crippen molar-refractivity contribution < 1.29 is 14.6 Å². The van der Waals surface area contributed by atoms with Crippen LogP contribution in [0.3, 0.4) is 0 Å². The number of anilines is 1. The van der Waals surface area contributed by atoms with Crippen molar-refractivity contribution in [2.75, 3.05) is 44.7 Å². The fourth-order valence-electron chi connectivity index (χ4n) is 2.57. The van der Waals surface area contributed by atoms with E-state index < -0.39 is 12.0 Å². The maximum absolute atomic E-state index is 11.1. The Morgan fingerprint density at radius 1 is 1.35 bits per heavy atom. The molecule has 1 aromatic rings. The number of benzene rings is 1. The Hall–Kier alpha value is -1.79. The molecule has 1 aliphatic heterocycles. The van der Waals surface area contributed by atoms with Gasteiger partial charge in [-0.3, -0.25) is 9.69 Å². The molecular formula is C14H21N3O3. The lowest BCUT2D eigenvalue weighted by Gasteiger charge is -2.38. The highest BCUT2D eigenvalue weighted by Crippen LogP contribution is 2.28. The molecule has 3 N–H and O–H groups in total. The van der Waals surface area contributed by atoms with E-state index in [1.54, 1.807) is 7.11 Å². The predicted octanol–water partition coefficient (Wildman–Crippen LogP) is 0.229. The van der Waals surface area contributed by atoms with Gasteiger partial charge in [-0.2, -0.15) is 0 Å². The van der Waals surface area contributed by atoms with Gasteiger partial charge in [-0.15, -0.1) is 0 Å². The van der Waals surface area contributed by atoms with Gasteiger partial charge in [-0.25, -0.2) is 0 Å². The van der Waals surface area contributed by atoms with Crippen LogP contribution in [0.1, 0.15) is 0 Å². The molecule has 0 aliphatic carbocycles. The molecule has 1 aliphatic rings. The lowest BCUT2D eigenvalue weighted by atomic mass is 10.2. The van der Waals surface area contributed by atoms with Crippen LogP contribution in [0.25, 0.3) is 0 Å². The number of methoxy groups -OCH3 is 1. The summed E-state index contributed by atoms with van der Waals surface area (Å²) < 4.78 is 5.36. The molecule has 1 saturated heterocycles. The first-order valence-corrected chi connectivity index (χ1v) is 6.72. The largest absolute Gasteiger partial charge is 0.495 e. The fraction of sp³-hybridized carbons (Fsp3) is 0.500. The maximum Gasteiger partial charge on any atom is 0.322 e. The first-order chi connectivity index (χ1) is 9.67. The molecule has 0 amide bonds. The lowest BCUT2D eigenvalue weighted by molar-refractivity contribution is -0.143. The van der Waals surface area contributed by atoms with Crippen molar-refractivity contribution in [1.82, 2.24) is 4.90 Å². The van der Waals surface area contributed by atoms with E-state index in [2.05, 4.69) is 4.90 Å². The molecule has 1 fully saturated rings. The van der Waals surface area contributed by atoms with Crippen LogP contribution in [0.4, 0.5) is 5.69 Å². The van der Waals surface area contributed by atoms with E-state index in [9.17, 15) is 4.79 Å². The zero-order valence-electron chi connectivity index (χ0n) is 11.7. The van der Waals surface area contributed by atoms with E-state index in [1.165, 1.54) is 0 Å². The van der Waals surface area contributed by atoms with Gasteiger partial charge >= 0.3 is 5.97 Å². The molecule has 1 atom stereocenters. The van der Waals surface area contributed by atoms with E-state index in [0.717, 1.165) is 24.5 Å². The number of nitrogens with two attached hydrogens (primary N) is 1. The Morgan fingerprint density at radius 2 is 2.00 bits per heavy atom. The number of carboxylic acids is 1. The number of para-hydroxylation sites is 2. The zero-order chi connectivity index (χ0) is 14.5. The molecule has 110 valence electrons. The molecule has 20 heavy (non-hydrogen) atoms. The topological polar surface area (TPSA) is 79.0 Å². The average Bonchev–Trinajstić information content (AvgIpc) is 2.48. The minimum Gasteiger partial charge on any atom is -0.495 e. The second kappa shape index (κ2) is 6.58. The number of ether oxygens (including phenoxy) is 1. The van der Waals surface area contributed by atoms with Crippen molar-refractivity contribution >= 4 is 11.7 Å². The Balaban J connectivity index is 2.02. The number of carboxylic acid groups (broad SMARTS) is 1. The maximum atomic E-state index is 11.1. The van der Waals surface area contributed by atoms with Crippen molar-refractivity contribution in [3.63, 3.8) is 0 Å². The van der Waals surface area contributed by atoms with Gasteiger partial charge in [-0.1, -0.05) is 12.1 Å². The third-order valence-corrected chi connectivity index (χ3v) is 3.69. The van der Waals surface area contributed by atoms with Gasteiger partial charge in [0.15, 0.2) is 0 Å². The van der Waals surface area contributed by atoms with E-state index >= 15 is 0 Å². The van der Waals surface area contributed by atoms with Gasteiger partial charge in [-0.05, 0) is 12.1 Å². The first kappa shape index (κ1) is 14.6.